The Morgan fingerprint density at radius 2 is 2.18 bits per heavy atom. The van der Waals surface area contributed by atoms with Crippen LogP contribution in [0.25, 0.3) is 0 Å². The Kier molecular flexibility index (Phi) is 5.54. The van der Waals surface area contributed by atoms with Gasteiger partial charge in [-0.15, -0.1) is 6.58 Å². The van der Waals surface area contributed by atoms with Crippen molar-refractivity contribution in [3.63, 3.8) is 0 Å². The summed E-state index contributed by atoms with van der Waals surface area (Å²) >= 11 is 0. The molecule has 0 atom stereocenters. The number of aromatic nitrogens is 1. The summed E-state index contributed by atoms with van der Waals surface area (Å²) < 4.78 is 5.57. The Hall–Kier alpha value is -2.82. The van der Waals surface area contributed by atoms with Gasteiger partial charge >= 0.3 is 0 Å². The molecule has 0 aliphatic carbocycles. The number of hydrogen-bond acceptors (Lipinski definition) is 4. The van der Waals surface area contributed by atoms with Crippen LogP contribution in [0, 0.1) is 0 Å². The number of para-hydroxylation sites is 2. The lowest BCUT2D eigenvalue weighted by molar-refractivity contribution is 0.0957. The minimum Gasteiger partial charge on any atom is -0.492 e. The molecule has 5 nitrogen and oxygen atoms in total. The van der Waals surface area contributed by atoms with Gasteiger partial charge in [-0.1, -0.05) is 18.2 Å². The minimum atomic E-state index is -0.186. The monoisotopic (exact) mass is 297 g/mol. The second-order valence-electron chi connectivity index (χ2n) is 4.52. The number of ether oxygens (including phenoxy) is 1. The van der Waals surface area contributed by atoms with Gasteiger partial charge in [-0.05, 0) is 25.1 Å². The molecule has 1 amide bonds. The summed E-state index contributed by atoms with van der Waals surface area (Å²) in [6.07, 6.45) is 4.82. The van der Waals surface area contributed by atoms with Crippen LogP contribution < -0.4 is 15.4 Å². The highest BCUT2D eigenvalue weighted by atomic mass is 16.5. The molecule has 1 aromatic heterocycles. The average Bonchev–Trinajstić information content (AvgIpc) is 2.55. The molecule has 0 radical (unpaired) electrons. The van der Waals surface area contributed by atoms with Gasteiger partial charge in [0, 0.05) is 12.7 Å². The molecule has 0 spiro atoms. The van der Waals surface area contributed by atoms with Gasteiger partial charge < -0.3 is 15.4 Å². The number of carbonyl (C=O) groups is 1. The smallest absolute Gasteiger partial charge is 0.253 e. The Bertz CT molecular complexity index is 656. The third-order valence-corrected chi connectivity index (χ3v) is 2.87. The van der Waals surface area contributed by atoms with Gasteiger partial charge in [0.25, 0.3) is 5.91 Å². The van der Waals surface area contributed by atoms with Gasteiger partial charge in [0.2, 0.25) is 0 Å². The van der Waals surface area contributed by atoms with E-state index in [9.17, 15) is 4.79 Å². The molecular weight excluding hydrogens is 278 g/mol. The first-order chi connectivity index (χ1) is 10.7. The minimum absolute atomic E-state index is 0.186. The fourth-order valence-corrected chi connectivity index (χ4v) is 1.91. The Balaban J connectivity index is 2.17. The SMILES string of the molecule is C=CCNC(=O)c1cncc(Nc2ccccc2OCC)c1. The molecule has 0 fully saturated rings. The molecule has 0 aliphatic heterocycles. The lowest BCUT2D eigenvalue weighted by Crippen LogP contribution is -2.23. The molecule has 5 heteroatoms. The summed E-state index contributed by atoms with van der Waals surface area (Å²) in [6.45, 7) is 6.51. The number of benzene rings is 1. The van der Waals surface area contributed by atoms with Gasteiger partial charge in [0.05, 0.1) is 29.7 Å². The van der Waals surface area contributed by atoms with Crippen molar-refractivity contribution in [3.8, 4) is 5.75 Å². The molecule has 0 bridgehead atoms. The van der Waals surface area contributed by atoms with Crippen LogP contribution in [-0.2, 0) is 0 Å². The summed E-state index contributed by atoms with van der Waals surface area (Å²) in [5.74, 6) is 0.570. The maximum Gasteiger partial charge on any atom is 0.253 e. The fourth-order valence-electron chi connectivity index (χ4n) is 1.91. The van der Waals surface area contributed by atoms with Crippen LogP contribution in [0.3, 0.4) is 0 Å². The quantitative estimate of drug-likeness (QED) is 0.771. The molecular formula is C17H19N3O2. The summed E-state index contributed by atoms with van der Waals surface area (Å²) in [4.78, 5) is 16.0. The van der Waals surface area contributed by atoms with E-state index in [1.165, 1.54) is 6.20 Å². The number of carbonyl (C=O) groups excluding carboxylic acids is 1. The predicted molar refractivity (Wildman–Crippen MR) is 87.7 cm³/mol. The second kappa shape index (κ2) is 7.83. The van der Waals surface area contributed by atoms with E-state index >= 15 is 0 Å². The van der Waals surface area contributed by atoms with Crippen molar-refractivity contribution in [2.45, 2.75) is 6.92 Å². The highest BCUT2D eigenvalue weighted by Crippen LogP contribution is 2.27. The number of pyridine rings is 1. The Morgan fingerprint density at radius 1 is 1.36 bits per heavy atom. The lowest BCUT2D eigenvalue weighted by Gasteiger charge is -2.12. The van der Waals surface area contributed by atoms with Crippen LogP contribution in [0.4, 0.5) is 11.4 Å². The molecule has 114 valence electrons. The van der Waals surface area contributed by atoms with E-state index in [2.05, 4.69) is 22.2 Å². The van der Waals surface area contributed by atoms with Crippen molar-refractivity contribution < 1.29 is 9.53 Å². The maximum atomic E-state index is 11.9. The number of nitrogens with one attached hydrogen (secondary N) is 2. The molecule has 0 saturated carbocycles. The number of rotatable bonds is 7. The zero-order chi connectivity index (χ0) is 15.8. The van der Waals surface area contributed by atoms with Crippen molar-refractivity contribution in [2.75, 3.05) is 18.5 Å². The highest BCUT2D eigenvalue weighted by Gasteiger charge is 2.07. The van der Waals surface area contributed by atoms with Crippen LogP contribution in [0.5, 0.6) is 5.75 Å². The van der Waals surface area contributed by atoms with Crippen molar-refractivity contribution >= 4 is 17.3 Å². The van der Waals surface area contributed by atoms with E-state index < -0.39 is 0 Å². The molecule has 0 unspecified atom stereocenters. The third kappa shape index (κ3) is 4.09. The molecule has 1 aromatic carbocycles. The summed E-state index contributed by atoms with van der Waals surface area (Å²) in [7, 11) is 0. The second-order valence-corrected chi connectivity index (χ2v) is 4.52. The van der Waals surface area contributed by atoms with Crippen molar-refractivity contribution in [3.05, 3.63) is 60.9 Å². The normalized spacial score (nSPS) is 9.86. The number of amides is 1. The van der Waals surface area contributed by atoms with E-state index in [0.717, 1.165) is 17.1 Å². The number of nitrogens with zero attached hydrogens (tertiary/aromatic N) is 1. The number of anilines is 2. The Labute approximate surface area is 130 Å². The van der Waals surface area contributed by atoms with Gasteiger partial charge in [0.15, 0.2) is 0 Å². The summed E-state index contributed by atoms with van der Waals surface area (Å²) in [5, 5.41) is 5.94. The molecule has 2 rings (SSSR count). The van der Waals surface area contributed by atoms with Gasteiger partial charge in [-0.2, -0.15) is 0 Å². The van der Waals surface area contributed by atoms with E-state index in [4.69, 9.17) is 4.74 Å². The topological polar surface area (TPSA) is 63.2 Å². The van der Waals surface area contributed by atoms with E-state index in [0.29, 0.717) is 18.7 Å². The zero-order valence-electron chi connectivity index (χ0n) is 12.5. The van der Waals surface area contributed by atoms with Crippen LogP contribution in [0.2, 0.25) is 0 Å². The first-order valence-electron chi connectivity index (χ1n) is 7.07. The molecule has 2 N–H and O–H groups in total. The number of hydrogen-bond donors (Lipinski definition) is 2. The first-order valence-corrected chi connectivity index (χ1v) is 7.07. The van der Waals surface area contributed by atoms with E-state index in [1.807, 2.05) is 31.2 Å². The summed E-state index contributed by atoms with van der Waals surface area (Å²) in [6, 6.07) is 9.37. The van der Waals surface area contributed by atoms with E-state index in [-0.39, 0.29) is 5.91 Å². The van der Waals surface area contributed by atoms with Gasteiger partial charge in [-0.3, -0.25) is 9.78 Å². The summed E-state index contributed by atoms with van der Waals surface area (Å²) in [5.41, 5.74) is 2.04. The fraction of sp³-hybridized carbons (Fsp3) is 0.176. The first kappa shape index (κ1) is 15.6. The van der Waals surface area contributed by atoms with Crippen molar-refractivity contribution in [1.29, 1.82) is 0 Å². The predicted octanol–water partition coefficient (Wildman–Crippen LogP) is 3.14. The molecule has 2 aromatic rings. The van der Waals surface area contributed by atoms with Crippen LogP contribution in [0.15, 0.2) is 55.4 Å². The zero-order valence-corrected chi connectivity index (χ0v) is 12.5. The standard InChI is InChI=1S/C17H19N3O2/c1-3-9-19-17(21)13-10-14(12-18-11-13)20-15-7-5-6-8-16(15)22-4-2/h3,5-8,10-12,20H,1,4,9H2,2H3,(H,19,21). The lowest BCUT2D eigenvalue weighted by atomic mass is 10.2. The van der Waals surface area contributed by atoms with Crippen LogP contribution >= 0.6 is 0 Å². The van der Waals surface area contributed by atoms with E-state index in [1.54, 1.807) is 18.3 Å². The Morgan fingerprint density at radius 3 is 2.95 bits per heavy atom. The maximum absolute atomic E-state index is 11.9. The van der Waals surface area contributed by atoms with Crippen molar-refractivity contribution in [2.24, 2.45) is 0 Å². The third-order valence-electron chi connectivity index (χ3n) is 2.87. The van der Waals surface area contributed by atoms with Crippen molar-refractivity contribution in [1.82, 2.24) is 10.3 Å². The highest BCUT2D eigenvalue weighted by molar-refractivity contribution is 5.95. The molecule has 0 aliphatic rings. The average molecular weight is 297 g/mol. The largest absolute Gasteiger partial charge is 0.492 e. The van der Waals surface area contributed by atoms with Gasteiger partial charge in [-0.25, -0.2) is 0 Å². The molecule has 0 saturated heterocycles. The van der Waals surface area contributed by atoms with Crippen LogP contribution in [-0.4, -0.2) is 24.0 Å². The van der Waals surface area contributed by atoms with Crippen LogP contribution in [0.1, 0.15) is 17.3 Å². The van der Waals surface area contributed by atoms with Gasteiger partial charge in [0.1, 0.15) is 5.75 Å². The molecule has 1 heterocycles. The molecule has 22 heavy (non-hydrogen) atoms.